The van der Waals surface area contributed by atoms with Gasteiger partial charge in [0.05, 0.1) is 16.1 Å². The Labute approximate surface area is 183 Å². The van der Waals surface area contributed by atoms with Crippen molar-refractivity contribution in [1.29, 1.82) is 0 Å². The van der Waals surface area contributed by atoms with Gasteiger partial charge in [-0.3, -0.25) is 14.4 Å². The van der Waals surface area contributed by atoms with E-state index in [1.54, 1.807) is 49.5 Å². The van der Waals surface area contributed by atoms with E-state index in [0.717, 1.165) is 5.56 Å². The van der Waals surface area contributed by atoms with Crippen LogP contribution in [0.2, 0.25) is 10.0 Å². The Kier molecular flexibility index (Phi) is 6.97. The van der Waals surface area contributed by atoms with Crippen molar-refractivity contribution in [3.8, 4) is 0 Å². The molecule has 1 heterocycles. The van der Waals surface area contributed by atoms with E-state index < -0.39 is 30.6 Å². The van der Waals surface area contributed by atoms with Crippen LogP contribution in [-0.2, 0) is 25.7 Å². The number of ether oxygens (including phenoxy) is 1. The van der Waals surface area contributed by atoms with Crippen LogP contribution in [-0.4, -0.2) is 59.0 Å². The smallest absolute Gasteiger partial charge is 0.323 e. The van der Waals surface area contributed by atoms with Crippen LogP contribution < -0.4 is 0 Å². The second kappa shape index (κ2) is 9.47. The van der Waals surface area contributed by atoms with Gasteiger partial charge < -0.3 is 19.6 Å². The van der Waals surface area contributed by atoms with Crippen LogP contribution in [0.25, 0.3) is 0 Å². The summed E-state index contributed by atoms with van der Waals surface area (Å²) in [7, 11) is 1.60. The van der Waals surface area contributed by atoms with E-state index in [-0.39, 0.29) is 19.1 Å². The SMILES string of the molecule is CN1C(=O)CO[C@@H](C(=O)N(CC(=O)O)Cc2ccc(Cl)c(Cl)c2)[C@H]1c1ccccc1. The van der Waals surface area contributed by atoms with Crippen LogP contribution in [0.15, 0.2) is 48.5 Å². The number of halogens is 2. The molecule has 0 bridgehead atoms. The summed E-state index contributed by atoms with van der Waals surface area (Å²) in [5, 5.41) is 10.0. The van der Waals surface area contributed by atoms with Gasteiger partial charge in [0.2, 0.25) is 5.91 Å². The van der Waals surface area contributed by atoms with Gasteiger partial charge in [-0.05, 0) is 23.3 Å². The minimum Gasteiger partial charge on any atom is -0.480 e. The maximum Gasteiger partial charge on any atom is 0.323 e. The molecule has 9 heteroatoms. The highest BCUT2D eigenvalue weighted by Gasteiger charge is 2.42. The van der Waals surface area contributed by atoms with E-state index in [0.29, 0.717) is 15.6 Å². The molecule has 0 spiro atoms. The van der Waals surface area contributed by atoms with Gasteiger partial charge in [0.1, 0.15) is 13.2 Å². The van der Waals surface area contributed by atoms with Crippen molar-refractivity contribution in [3.05, 3.63) is 69.7 Å². The minimum absolute atomic E-state index is 0.00104. The molecule has 0 aliphatic carbocycles. The van der Waals surface area contributed by atoms with Gasteiger partial charge in [-0.2, -0.15) is 0 Å². The zero-order chi connectivity index (χ0) is 21.8. The number of nitrogens with zero attached hydrogens (tertiary/aromatic N) is 2. The number of benzene rings is 2. The number of hydrogen-bond acceptors (Lipinski definition) is 4. The summed E-state index contributed by atoms with van der Waals surface area (Å²) in [5.74, 6) is -1.96. The lowest BCUT2D eigenvalue weighted by atomic mass is 9.97. The Morgan fingerprint density at radius 1 is 1.17 bits per heavy atom. The third-order valence-corrected chi connectivity index (χ3v) is 5.60. The molecule has 1 fully saturated rings. The van der Waals surface area contributed by atoms with Gasteiger partial charge in [-0.25, -0.2) is 0 Å². The standard InChI is InChI=1S/C21H20Cl2N2O5/c1-24-17(26)12-30-20(19(24)14-5-3-2-4-6-14)21(29)25(11-18(27)28)10-13-7-8-15(22)16(23)9-13/h2-9,19-20H,10-12H2,1H3,(H,27,28)/t19-,20-/m1/s1. The molecule has 30 heavy (non-hydrogen) atoms. The predicted molar refractivity (Wildman–Crippen MR) is 111 cm³/mol. The Balaban J connectivity index is 1.92. The average molecular weight is 451 g/mol. The number of rotatable bonds is 6. The molecule has 2 aromatic rings. The summed E-state index contributed by atoms with van der Waals surface area (Å²) in [4.78, 5) is 39.6. The topological polar surface area (TPSA) is 87.2 Å². The average Bonchev–Trinajstić information content (AvgIpc) is 2.72. The van der Waals surface area contributed by atoms with E-state index in [2.05, 4.69) is 0 Å². The van der Waals surface area contributed by atoms with Crippen LogP contribution >= 0.6 is 23.2 Å². The molecule has 0 unspecified atom stereocenters. The molecule has 2 aromatic carbocycles. The minimum atomic E-state index is -1.17. The number of carboxylic acids is 1. The molecule has 158 valence electrons. The fourth-order valence-electron chi connectivity index (χ4n) is 3.38. The highest BCUT2D eigenvalue weighted by Crippen LogP contribution is 2.31. The van der Waals surface area contributed by atoms with Crippen LogP contribution in [0, 0.1) is 0 Å². The zero-order valence-electron chi connectivity index (χ0n) is 16.1. The van der Waals surface area contributed by atoms with Crippen LogP contribution in [0.5, 0.6) is 0 Å². The van der Waals surface area contributed by atoms with Crippen molar-refractivity contribution in [2.75, 3.05) is 20.2 Å². The first-order valence-corrected chi connectivity index (χ1v) is 9.90. The van der Waals surface area contributed by atoms with Crippen molar-refractivity contribution in [1.82, 2.24) is 9.80 Å². The largest absolute Gasteiger partial charge is 0.480 e. The summed E-state index contributed by atoms with van der Waals surface area (Å²) in [6.45, 7) is -0.789. The van der Waals surface area contributed by atoms with Crippen molar-refractivity contribution < 1.29 is 24.2 Å². The molecule has 0 saturated carbocycles. The maximum absolute atomic E-state index is 13.4. The number of likely N-dealkylation sites (N-methyl/N-ethyl adjacent to an activating group) is 1. The molecular weight excluding hydrogens is 431 g/mol. The Morgan fingerprint density at radius 2 is 1.87 bits per heavy atom. The van der Waals surface area contributed by atoms with E-state index in [4.69, 9.17) is 27.9 Å². The third kappa shape index (κ3) is 4.92. The predicted octanol–water partition coefficient (Wildman–Crippen LogP) is 3.01. The first kappa shape index (κ1) is 22.1. The monoisotopic (exact) mass is 450 g/mol. The second-order valence-electron chi connectivity index (χ2n) is 6.93. The second-order valence-corrected chi connectivity index (χ2v) is 7.74. The van der Waals surface area contributed by atoms with Crippen LogP contribution in [0.1, 0.15) is 17.2 Å². The summed E-state index contributed by atoms with van der Waals surface area (Å²) in [6, 6.07) is 13.2. The Hall–Kier alpha value is -2.61. The van der Waals surface area contributed by atoms with Crippen molar-refractivity contribution in [3.63, 3.8) is 0 Å². The van der Waals surface area contributed by atoms with Gasteiger partial charge in [-0.1, -0.05) is 59.6 Å². The molecular formula is C21H20Cl2N2O5. The fourth-order valence-corrected chi connectivity index (χ4v) is 3.70. The molecule has 3 rings (SSSR count). The van der Waals surface area contributed by atoms with Crippen molar-refractivity contribution in [2.45, 2.75) is 18.7 Å². The van der Waals surface area contributed by atoms with E-state index in [1.165, 1.54) is 9.80 Å². The molecule has 0 radical (unpaired) electrons. The summed E-state index contributed by atoms with van der Waals surface area (Å²) in [5.41, 5.74) is 1.34. The number of amides is 2. The van der Waals surface area contributed by atoms with Gasteiger partial charge in [0.15, 0.2) is 6.10 Å². The lowest BCUT2D eigenvalue weighted by molar-refractivity contribution is -0.169. The van der Waals surface area contributed by atoms with Gasteiger partial charge >= 0.3 is 5.97 Å². The Morgan fingerprint density at radius 3 is 2.50 bits per heavy atom. The lowest BCUT2D eigenvalue weighted by Crippen LogP contribution is -2.54. The molecule has 1 N–H and O–H groups in total. The van der Waals surface area contributed by atoms with Crippen LogP contribution in [0.4, 0.5) is 0 Å². The maximum atomic E-state index is 13.4. The number of hydrogen-bond donors (Lipinski definition) is 1. The summed E-state index contributed by atoms with van der Waals surface area (Å²) in [6.07, 6.45) is -1.04. The van der Waals surface area contributed by atoms with Gasteiger partial charge in [0.25, 0.3) is 5.91 Å². The summed E-state index contributed by atoms with van der Waals surface area (Å²) >= 11 is 12.0. The normalized spacial score (nSPS) is 18.9. The molecule has 1 saturated heterocycles. The van der Waals surface area contributed by atoms with E-state index in [1.807, 2.05) is 6.07 Å². The number of morpholine rings is 1. The van der Waals surface area contributed by atoms with E-state index in [9.17, 15) is 19.5 Å². The molecule has 1 aliphatic rings. The number of carboxylic acid groups (broad SMARTS) is 1. The molecule has 0 aromatic heterocycles. The first-order chi connectivity index (χ1) is 14.3. The third-order valence-electron chi connectivity index (χ3n) is 4.86. The highest BCUT2D eigenvalue weighted by atomic mass is 35.5. The molecule has 2 amide bonds. The van der Waals surface area contributed by atoms with Crippen molar-refractivity contribution in [2.24, 2.45) is 0 Å². The fraction of sp³-hybridized carbons (Fsp3) is 0.286. The first-order valence-electron chi connectivity index (χ1n) is 9.14. The molecule has 2 atom stereocenters. The summed E-state index contributed by atoms with van der Waals surface area (Å²) < 4.78 is 5.61. The lowest BCUT2D eigenvalue weighted by Gasteiger charge is -2.40. The van der Waals surface area contributed by atoms with Crippen LogP contribution in [0.3, 0.4) is 0 Å². The number of carbonyl (C=O) groups excluding carboxylic acids is 2. The van der Waals surface area contributed by atoms with E-state index >= 15 is 0 Å². The number of aliphatic carboxylic acids is 1. The van der Waals surface area contributed by atoms with Gasteiger partial charge in [-0.15, -0.1) is 0 Å². The molecule has 7 nitrogen and oxygen atoms in total. The Bertz CT molecular complexity index is 954. The number of carbonyl (C=O) groups is 3. The zero-order valence-corrected chi connectivity index (χ0v) is 17.6. The van der Waals surface area contributed by atoms with Gasteiger partial charge in [0, 0.05) is 13.6 Å². The molecule has 1 aliphatic heterocycles. The highest BCUT2D eigenvalue weighted by molar-refractivity contribution is 6.42. The van der Waals surface area contributed by atoms with Crippen molar-refractivity contribution >= 4 is 41.0 Å². The quantitative estimate of drug-likeness (QED) is 0.730.